The molecule has 1 N–H and O–H groups in total. The first-order valence-corrected chi connectivity index (χ1v) is 16.4. The molecule has 0 spiro atoms. The SMILES string of the molecule is CCC(CCO)OS(=O)(=O)C[Si](C)(C)CC(C)(C)c1ccc(F)cc1OCc1ccccc1. The summed E-state index contributed by atoms with van der Waals surface area (Å²) >= 11 is 0. The molecule has 1 atom stereocenters. The summed E-state index contributed by atoms with van der Waals surface area (Å²) in [6, 6.07) is 14.9. The highest BCUT2D eigenvalue weighted by molar-refractivity contribution is 7.88. The Morgan fingerprint density at radius 1 is 1.12 bits per heavy atom. The summed E-state index contributed by atoms with van der Waals surface area (Å²) in [7, 11) is -6.04. The van der Waals surface area contributed by atoms with Gasteiger partial charge >= 0.3 is 0 Å². The topological polar surface area (TPSA) is 72.8 Å². The maximum absolute atomic E-state index is 14.1. The Morgan fingerprint density at radius 2 is 1.79 bits per heavy atom. The fourth-order valence-electron chi connectivity index (χ4n) is 4.44. The van der Waals surface area contributed by atoms with Crippen LogP contribution in [-0.4, -0.2) is 39.7 Å². The van der Waals surface area contributed by atoms with Gasteiger partial charge in [-0.25, -0.2) is 4.39 Å². The van der Waals surface area contributed by atoms with Crippen LogP contribution in [0.4, 0.5) is 4.39 Å². The number of rotatable bonds is 13. The zero-order chi connectivity index (χ0) is 24.7. The van der Waals surface area contributed by atoms with Crippen LogP contribution < -0.4 is 4.74 Å². The van der Waals surface area contributed by atoms with Gasteiger partial charge in [0.1, 0.15) is 18.2 Å². The van der Waals surface area contributed by atoms with E-state index in [2.05, 4.69) is 0 Å². The molecule has 0 aliphatic rings. The van der Waals surface area contributed by atoms with Gasteiger partial charge in [-0.05, 0) is 41.5 Å². The normalized spacial score (nSPS) is 13.7. The third-order valence-electron chi connectivity index (χ3n) is 5.59. The van der Waals surface area contributed by atoms with Gasteiger partial charge in [-0.1, -0.05) is 70.3 Å². The van der Waals surface area contributed by atoms with E-state index in [1.54, 1.807) is 6.07 Å². The highest BCUT2D eigenvalue weighted by Crippen LogP contribution is 2.39. The molecule has 0 amide bonds. The van der Waals surface area contributed by atoms with Crippen molar-refractivity contribution in [3.8, 4) is 5.75 Å². The molecule has 5 nitrogen and oxygen atoms in total. The first-order chi connectivity index (χ1) is 15.4. The van der Waals surface area contributed by atoms with Crippen LogP contribution >= 0.6 is 0 Å². The van der Waals surface area contributed by atoms with Crippen molar-refractivity contribution in [2.45, 2.75) is 70.9 Å². The van der Waals surface area contributed by atoms with Crippen LogP contribution in [0.5, 0.6) is 5.75 Å². The molecule has 0 saturated heterocycles. The van der Waals surface area contributed by atoms with Crippen molar-refractivity contribution < 1.29 is 26.8 Å². The Morgan fingerprint density at radius 3 is 2.39 bits per heavy atom. The molecule has 184 valence electrons. The van der Waals surface area contributed by atoms with Gasteiger partial charge in [-0.2, -0.15) is 8.42 Å². The van der Waals surface area contributed by atoms with Crippen molar-refractivity contribution in [2.75, 3.05) is 12.0 Å². The summed E-state index contributed by atoms with van der Waals surface area (Å²) in [5, 5.41) is 9.11. The van der Waals surface area contributed by atoms with Gasteiger partial charge in [-0.15, -0.1) is 0 Å². The van der Waals surface area contributed by atoms with Crippen molar-refractivity contribution >= 4 is 18.2 Å². The lowest BCUT2D eigenvalue weighted by Gasteiger charge is -2.35. The molecule has 0 aromatic heterocycles. The van der Waals surface area contributed by atoms with Crippen LogP contribution in [0.2, 0.25) is 19.1 Å². The fourth-order valence-corrected chi connectivity index (χ4v) is 12.2. The molecule has 0 aliphatic heterocycles. The first-order valence-electron chi connectivity index (χ1n) is 11.4. The summed E-state index contributed by atoms with van der Waals surface area (Å²) in [5.41, 5.74) is 1.41. The Labute approximate surface area is 199 Å². The van der Waals surface area contributed by atoms with E-state index in [9.17, 15) is 12.8 Å². The van der Waals surface area contributed by atoms with Gasteiger partial charge in [0.2, 0.25) is 0 Å². The minimum Gasteiger partial charge on any atom is -0.488 e. The Balaban J connectivity index is 2.19. The number of hydrogen-bond acceptors (Lipinski definition) is 5. The minimum atomic E-state index is -3.73. The van der Waals surface area contributed by atoms with Crippen molar-refractivity contribution in [3.05, 3.63) is 65.5 Å². The highest BCUT2D eigenvalue weighted by atomic mass is 32.2. The van der Waals surface area contributed by atoms with Gasteiger partial charge in [0.25, 0.3) is 10.1 Å². The van der Waals surface area contributed by atoms with Crippen molar-refractivity contribution in [2.24, 2.45) is 0 Å². The van der Waals surface area contributed by atoms with E-state index < -0.39 is 29.7 Å². The molecule has 0 heterocycles. The Hall–Kier alpha value is -1.74. The standard InChI is InChI=1S/C25H37FO5SSi/c1-6-22(14-15-27)31-32(28,29)19-33(4,5)18-25(2,3)23-13-12-21(26)16-24(23)30-17-20-10-8-7-9-11-20/h7-13,16,22,27H,6,14-15,17-19H2,1-5H3. The molecule has 0 saturated carbocycles. The molecular formula is C25H37FO5SSi. The van der Waals surface area contributed by atoms with Crippen LogP contribution in [0.1, 0.15) is 44.7 Å². The molecule has 1 unspecified atom stereocenters. The summed E-state index contributed by atoms with van der Waals surface area (Å²) in [6.07, 6.45) is 0.305. The molecule has 0 bridgehead atoms. The summed E-state index contributed by atoms with van der Waals surface area (Å²) in [4.78, 5) is 0. The second-order valence-electron chi connectivity index (χ2n) is 9.98. The lowest BCUT2D eigenvalue weighted by Crippen LogP contribution is -2.42. The largest absolute Gasteiger partial charge is 0.488 e. The summed E-state index contributed by atoms with van der Waals surface area (Å²) < 4.78 is 50.9. The first kappa shape index (κ1) is 27.5. The van der Waals surface area contributed by atoms with Gasteiger partial charge in [0.05, 0.1) is 19.6 Å². The highest BCUT2D eigenvalue weighted by Gasteiger charge is 2.38. The molecule has 2 rings (SSSR count). The number of ether oxygens (including phenoxy) is 1. The Bertz CT molecular complexity index is 993. The zero-order valence-electron chi connectivity index (χ0n) is 20.3. The smallest absolute Gasteiger partial charge is 0.265 e. The van der Waals surface area contributed by atoms with Gasteiger partial charge in [0, 0.05) is 12.7 Å². The quantitative estimate of drug-likeness (QED) is 0.295. The molecule has 0 fully saturated rings. The number of aliphatic hydroxyl groups is 1. The average Bonchev–Trinajstić information content (AvgIpc) is 2.70. The number of aliphatic hydroxyl groups excluding tert-OH is 1. The predicted octanol–water partition coefficient (Wildman–Crippen LogP) is 5.44. The number of hydrogen-bond donors (Lipinski definition) is 1. The van der Waals surface area contributed by atoms with Crippen LogP contribution in [0.15, 0.2) is 48.5 Å². The van der Waals surface area contributed by atoms with E-state index >= 15 is 0 Å². The van der Waals surface area contributed by atoms with Gasteiger partial charge in [-0.3, -0.25) is 4.18 Å². The monoisotopic (exact) mass is 496 g/mol. The van der Waals surface area contributed by atoms with E-state index in [0.29, 0.717) is 31.2 Å². The Kier molecular flexibility index (Phi) is 9.66. The second-order valence-corrected chi connectivity index (χ2v) is 17.1. The maximum Gasteiger partial charge on any atom is 0.265 e. The lowest BCUT2D eigenvalue weighted by atomic mass is 9.86. The zero-order valence-corrected chi connectivity index (χ0v) is 22.1. The number of halogens is 1. The molecule has 8 heteroatoms. The van der Waals surface area contributed by atoms with Gasteiger partial charge < -0.3 is 9.84 Å². The minimum absolute atomic E-state index is 0.0211. The summed E-state index contributed by atoms with van der Waals surface area (Å²) in [6.45, 7) is 10.2. The van der Waals surface area contributed by atoms with Crippen LogP contribution in [0, 0.1) is 5.82 Å². The molecule has 2 aromatic carbocycles. The van der Waals surface area contributed by atoms with E-state index in [1.807, 2.05) is 64.2 Å². The fraction of sp³-hybridized carbons (Fsp3) is 0.520. The maximum atomic E-state index is 14.1. The number of benzene rings is 2. The van der Waals surface area contributed by atoms with E-state index in [4.69, 9.17) is 14.0 Å². The van der Waals surface area contributed by atoms with E-state index in [-0.39, 0.29) is 17.8 Å². The van der Waals surface area contributed by atoms with Crippen LogP contribution in [-0.2, 0) is 26.3 Å². The van der Waals surface area contributed by atoms with Crippen molar-refractivity contribution in [1.82, 2.24) is 0 Å². The molecule has 0 radical (unpaired) electrons. The lowest BCUT2D eigenvalue weighted by molar-refractivity contribution is 0.157. The predicted molar refractivity (Wildman–Crippen MR) is 133 cm³/mol. The third-order valence-corrected chi connectivity index (χ3v) is 12.5. The van der Waals surface area contributed by atoms with Gasteiger partial charge in [0.15, 0.2) is 0 Å². The molecular weight excluding hydrogens is 459 g/mol. The third kappa shape index (κ3) is 8.85. The average molecular weight is 497 g/mol. The van der Waals surface area contributed by atoms with Crippen LogP contribution in [0.25, 0.3) is 0 Å². The van der Waals surface area contributed by atoms with Crippen molar-refractivity contribution in [1.29, 1.82) is 0 Å². The molecule has 0 aliphatic carbocycles. The molecule has 2 aromatic rings. The van der Waals surface area contributed by atoms with Crippen LogP contribution in [0.3, 0.4) is 0 Å². The second kappa shape index (κ2) is 11.6. The molecule has 33 heavy (non-hydrogen) atoms. The van der Waals surface area contributed by atoms with E-state index in [1.165, 1.54) is 12.1 Å². The van der Waals surface area contributed by atoms with E-state index in [0.717, 1.165) is 11.1 Å². The van der Waals surface area contributed by atoms with Crippen molar-refractivity contribution in [3.63, 3.8) is 0 Å². The summed E-state index contributed by atoms with van der Waals surface area (Å²) in [5.74, 6) is 0.0985.